The number of halogens is 1. The number of rotatable bonds is 4. The molecule has 0 radical (unpaired) electrons. The van der Waals surface area contributed by atoms with Crippen LogP contribution in [0.3, 0.4) is 0 Å². The molecule has 0 saturated carbocycles. The van der Waals surface area contributed by atoms with Crippen LogP contribution < -0.4 is 19.7 Å². The summed E-state index contributed by atoms with van der Waals surface area (Å²) in [5, 5.41) is 2.78. The molecule has 2 aliphatic heterocycles. The molecule has 3 heterocycles. The lowest BCUT2D eigenvalue weighted by atomic mass is 10.1. The van der Waals surface area contributed by atoms with Crippen LogP contribution in [0.2, 0.25) is 0 Å². The van der Waals surface area contributed by atoms with Crippen LogP contribution in [0.25, 0.3) is 0 Å². The van der Waals surface area contributed by atoms with E-state index in [1.807, 2.05) is 4.90 Å². The molecular weight excluding hydrogens is 353 g/mol. The number of nitrogens with one attached hydrogen (secondary N) is 1. The van der Waals surface area contributed by atoms with Crippen molar-refractivity contribution in [1.82, 2.24) is 10.3 Å². The van der Waals surface area contributed by atoms with Crippen LogP contribution in [-0.2, 0) is 11.3 Å². The number of aromatic nitrogens is 1. The first kappa shape index (κ1) is 17.5. The Morgan fingerprint density at radius 1 is 1.19 bits per heavy atom. The van der Waals surface area contributed by atoms with E-state index in [1.165, 1.54) is 6.07 Å². The van der Waals surface area contributed by atoms with E-state index in [4.69, 9.17) is 14.2 Å². The van der Waals surface area contributed by atoms with Crippen LogP contribution in [0.1, 0.15) is 15.9 Å². The minimum Gasteiger partial charge on any atom is -0.486 e. The van der Waals surface area contributed by atoms with Crippen LogP contribution in [0, 0.1) is 5.82 Å². The number of hydrogen-bond acceptors (Lipinski definition) is 6. The molecule has 2 aromatic rings. The fourth-order valence-electron chi connectivity index (χ4n) is 3.10. The van der Waals surface area contributed by atoms with Crippen LogP contribution in [-0.4, -0.2) is 50.4 Å². The second kappa shape index (κ2) is 7.79. The summed E-state index contributed by atoms with van der Waals surface area (Å²) in [5.41, 5.74) is 0.977. The highest BCUT2D eigenvalue weighted by Crippen LogP contribution is 2.33. The number of pyridine rings is 1. The highest BCUT2D eigenvalue weighted by atomic mass is 19.1. The second-order valence-corrected chi connectivity index (χ2v) is 6.26. The molecular formula is C19H20FN3O4. The van der Waals surface area contributed by atoms with Gasteiger partial charge in [0, 0.05) is 25.8 Å². The number of benzene rings is 1. The minimum absolute atomic E-state index is 0.163. The zero-order chi connectivity index (χ0) is 18.6. The third-order valence-electron chi connectivity index (χ3n) is 4.45. The summed E-state index contributed by atoms with van der Waals surface area (Å²) >= 11 is 0. The molecule has 1 N–H and O–H groups in total. The Hall–Kier alpha value is -2.87. The topological polar surface area (TPSA) is 72.9 Å². The number of amides is 1. The van der Waals surface area contributed by atoms with Crippen molar-refractivity contribution in [2.24, 2.45) is 0 Å². The Morgan fingerprint density at radius 3 is 2.81 bits per heavy atom. The van der Waals surface area contributed by atoms with Gasteiger partial charge in [-0.15, -0.1) is 0 Å². The highest BCUT2D eigenvalue weighted by Gasteiger charge is 2.21. The predicted molar refractivity (Wildman–Crippen MR) is 95.8 cm³/mol. The standard InChI is InChI=1S/C19H20FN3O4/c20-15-10-13(11-21-18(15)23-4-6-25-7-5-23)12-22-19(24)14-2-1-3-16-17(14)27-9-8-26-16/h1-3,10-11H,4-9,12H2,(H,22,24). The molecule has 27 heavy (non-hydrogen) atoms. The van der Waals surface area contributed by atoms with Crippen LogP contribution in [0.4, 0.5) is 10.2 Å². The molecule has 1 aromatic heterocycles. The first-order valence-electron chi connectivity index (χ1n) is 8.86. The zero-order valence-corrected chi connectivity index (χ0v) is 14.7. The smallest absolute Gasteiger partial charge is 0.255 e. The SMILES string of the molecule is O=C(NCc1cnc(N2CCOCC2)c(F)c1)c1cccc2c1OCCO2. The lowest BCUT2D eigenvalue weighted by molar-refractivity contribution is 0.0939. The molecule has 0 bridgehead atoms. The van der Waals surface area contributed by atoms with Gasteiger partial charge in [-0.05, 0) is 23.8 Å². The number of ether oxygens (including phenoxy) is 3. The van der Waals surface area contributed by atoms with Crippen LogP contribution in [0.5, 0.6) is 11.5 Å². The first-order valence-corrected chi connectivity index (χ1v) is 8.86. The van der Waals surface area contributed by atoms with Crippen molar-refractivity contribution in [2.45, 2.75) is 6.54 Å². The average molecular weight is 373 g/mol. The van der Waals surface area contributed by atoms with E-state index in [2.05, 4.69) is 10.3 Å². The molecule has 7 nitrogen and oxygen atoms in total. The van der Waals surface area contributed by atoms with E-state index in [-0.39, 0.29) is 12.5 Å². The maximum atomic E-state index is 14.4. The van der Waals surface area contributed by atoms with Gasteiger partial charge >= 0.3 is 0 Å². The highest BCUT2D eigenvalue weighted by molar-refractivity contribution is 5.97. The van der Waals surface area contributed by atoms with Gasteiger partial charge in [-0.25, -0.2) is 9.37 Å². The molecule has 142 valence electrons. The molecule has 1 aromatic carbocycles. The lowest BCUT2D eigenvalue weighted by Crippen LogP contribution is -2.37. The van der Waals surface area contributed by atoms with Gasteiger partial charge in [0.05, 0.1) is 18.8 Å². The van der Waals surface area contributed by atoms with Gasteiger partial charge in [0.2, 0.25) is 0 Å². The lowest BCUT2D eigenvalue weighted by Gasteiger charge is -2.28. The summed E-state index contributed by atoms with van der Waals surface area (Å²) in [6.45, 7) is 3.37. The number of morpholine rings is 1. The molecule has 1 saturated heterocycles. The monoisotopic (exact) mass is 373 g/mol. The fraction of sp³-hybridized carbons (Fsp3) is 0.368. The Balaban J connectivity index is 1.43. The minimum atomic E-state index is -0.405. The molecule has 0 atom stereocenters. The number of hydrogen-bond donors (Lipinski definition) is 1. The average Bonchev–Trinajstić information content (AvgIpc) is 2.72. The summed E-state index contributed by atoms with van der Waals surface area (Å²) in [7, 11) is 0. The maximum Gasteiger partial charge on any atom is 0.255 e. The third-order valence-corrected chi connectivity index (χ3v) is 4.45. The van der Waals surface area contributed by atoms with E-state index in [1.54, 1.807) is 24.4 Å². The van der Waals surface area contributed by atoms with Gasteiger partial charge in [-0.3, -0.25) is 4.79 Å². The van der Waals surface area contributed by atoms with Gasteiger partial charge in [-0.2, -0.15) is 0 Å². The van der Waals surface area contributed by atoms with Crippen molar-refractivity contribution < 1.29 is 23.4 Å². The number of anilines is 1. The fourth-order valence-corrected chi connectivity index (χ4v) is 3.10. The van der Waals surface area contributed by atoms with Crippen molar-refractivity contribution >= 4 is 11.7 Å². The van der Waals surface area contributed by atoms with Crippen molar-refractivity contribution in [1.29, 1.82) is 0 Å². The van der Waals surface area contributed by atoms with Gasteiger partial charge in [0.1, 0.15) is 13.2 Å². The summed E-state index contributed by atoms with van der Waals surface area (Å²) in [5.74, 6) is 0.591. The molecule has 0 spiro atoms. The van der Waals surface area contributed by atoms with E-state index in [0.717, 1.165) is 0 Å². The maximum absolute atomic E-state index is 14.4. The van der Waals surface area contributed by atoms with Crippen LogP contribution in [0.15, 0.2) is 30.5 Å². The number of carbonyl (C=O) groups is 1. The summed E-state index contributed by atoms with van der Waals surface area (Å²) in [6.07, 6.45) is 1.58. The molecule has 8 heteroatoms. The van der Waals surface area contributed by atoms with E-state index < -0.39 is 5.82 Å². The normalized spacial score (nSPS) is 16.1. The van der Waals surface area contributed by atoms with Crippen molar-refractivity contribution in [3.05, 3.63) is 47.4 Å². The number of nitrogens with zero attached hydrogens (tertiary/aromatic N) is 2. The van der Waals surface area contributed by atoms with Crippen LogP contribution >= 0.6 is 0 Å². The van der Waals surface area contributed by atoms with Crippen molar-refractivity contribution in [3.8, 4) is 11.5 Å². The van der Waals surface area contributed by atoms with E-state index >= 15 is 0 Å². The number of carbonyl (C=O) groups excluding carboxylic acids is 1. The van der Waals surface area contributed by atoms with Gasteiger partial charge in [0.15, 0.2) is 23.1 Å². The first-order chi connectivity index (χ1) is 13.2. The second-order valence-electron chi connectivity index (χ2n) is 6.26. The van der Waals surface area contributed by atoms with E-state index in [9.17, 15) is 9.18 Å². The molecule has 4 rings (SSSR count). The molecule has 0 aliphatic carbocycles. The van der Waals surface area contributed by atoms with Crippen molar-refractivity contribution in [3.63, 3.8) is 0 Å². The number of para-hydroxylation sites is 1. The van der Waals surface area contributed by atoms with Gasteiger partial charge in [0.25, 0.3) is 5.91 Å². The summed E-state index contributed by atoms with van der Waals surface area (Å²) in [6, 6.07) is 6.57. The summed E-state index contributed by atoms with van der Waals surface area (Å²) in [4.78, 5) is 18.6. The molecule has 1 amide bonds. The summed E-state index contributed by atoms with van der Waals surface area (Å²) < 4.78 is 30.7. The Kier molecular flexibility index (Phi) is 5.06. The van der Waals surface area contributed by atoms with Gasteiger partial charge in [-0.1, -0.05) is 6.07 Å². The molecule has 0 unspecified atom stereocenters. The zero-order valence-electron chi connectivity index (χ0n) is 14.7. The molecule has 2 aliphatic rings. The third kappa shape index (κ3) is 3.80. The van der Waals surface area contributed by atoms with E-state index in [0.29, 0.717) is 68.0 Å². The van der Waals surface area contributed by atoms with Gasteiger partial charge < -0.3 is 24.4 Å². The Bertz CT molecular complexity index is 840. The molecule has 1 fully saturated rings. The Morgan fingerprint density at radius 2 is 2.00 bits per heavy atom. The quantitative estimate of drug-likeness (QED) is 0.881. The van der Waals surface area contributed by atoms with Crippen molar-refractivity contribution in [2.75, 3.05) is 44.4 Å². The number of fused-ring (bicyclic) bond motifs is 1. The predicted octanol–water partition coefficient (Wildman–Crippen LogP) is 1.76. The Labute approximate surface area is 156 Å². The largest absolute Gasteiger partial charge is 0.486 e.